The molecule has 2 rings (SSSR count). The van der Waals surface area contributed by atoms with Crippen LogP contribution in [-0.2, 0) is 9.59 Å². The molecule has 7 nitrogen and oxygen atoms in total. The molecule has 0 aromatic heterocycles. The van der Waals surface area contributed by atoms with E-state index in [1.165, 1.54) is 0 Å². The van der Waals surface area contributed by atoms with E-state index in [1.54, 1.807) is 13.1 Å². The second-order valence-electron chi connectivity index (χ2n) is 5.60. The number of hydrazone groups is 2. The average molecular weight is 315 g/mol. The molecule has 23 heavy (non-hydrogen) atoms. The van der Waals surface area contributed by atoms with Gasteiger partial charge in [0.15, 0.2) is 0 Å². The van der Waals surface area contributed by atoms with Gasteiger partial charge in [-0.2, -0.15) is 10.2 Å². The number of rotatable bonds is 6. The number of hydrogen-bond donors (Lipinski definition) is 2. The predicted octanol–water partition coefficient (Wildman–Crippen LogP) is 1.10. The van der Waals surface area contributed by atoms with Crippen molar-refractivity contribution in [3.8, 4) is 0 Å². The summed E-state index contributed by atoms with van der Waals surface area (Å²) in [6.45, 7) is 1.77. The van der Waals surface area contributed by atoms with Gasteiger partial charge in [-0.05, 0) is 31.0 Å². The Morgan fingerprint density at radius 2 is 2.09 bits per heavy atom. The monoisotopic (exact) mass is 315 g/mol. The molecule has 2 amide bonds. The van der Waals surface area contributed by atoms with Crippen LogP contribution in [0, 0.1) is 5.92 Å². The van der Waals surface area contributed by atoms with E-state index in [1.807, 2.05) is 43.3 Å². The zero-order chi connectivity index (χ0) is 16.8. The minimum absolute atomic E-state index is 0.153. The van der Waals surface area contributed by atoms with Crippen LogP contribution in [0.3, 0.4) is 0 Å². The van der Waals surface area contributed by atoms with Crippen molar-refractivity contribution in [3.05, 3.63) is 29.8 Å². The van der Waals surface area contributed by atoms with Crippen molar-refractivity contribution in [2.75, 3.05) is 19.0 Å². The zero-order valence-corrected chi connectivity index (χ0v) is 13.5. The van der Waals surface area contributed by atoms with Gasteiger partial charge in [-0.25, -0.2) is 10.9 Å². The summed E-state index contributed by atoms with van der Waals surface area (Å²) < 4.78 is 0. The molecule has 0 bridgehead atoms. The number of hydrogen-bond acceptors (Lipinski definition) is 5. The Hall–Kier alpha value is -2.70. The van der Waals surface area contributed by atoms with Crippen LogP contribution in [0.15, 0.2) is 34.5 Å². The highest BCUT2D eigenvalue weighted by molar-refractivity contribution is 6.07. The van der Waals surface area contributed by atoms with Gasteiger partial charge in [0, 0.05) is 31.9 Å². The Morgan fingerprint density at radius 3 is 2.65 bits per heavy atom. The van der Waals surface area contributed by atoms with Crippen molar-refractivity contribution < 1.29 is 9.59 Å². The normalized spacial score (nSPS) is 17.1. The van der Waals surface area contributed by atoms with Gasteiger partial charge in [0.25, 0.3) is 0 Å². The largest absolute Gasteiger partial charge is 0.378 e. The van der Waals surface area contributed by atoms with Gasteiger partial charge in [-0.15, -0.1) is 0 Å². The molecule has 0 fully saturated rings. The van der Waals surface area contributed by atoms with Crippen LogP contribution in [0.25, 0.3) is 0 Å². The van der Waals surface area contributed by atoms with Gasteiger partial charge >= 0.3 is 0 Å². The first-order valence-electron chi connectivity index (χ1n) is 7.40. The third-order valence-electron chi connectivity index (χ3n) is 3.64. The minimum Gasteiger partial charge on any atom is -0.378 e. The van der Waals surface area contributed by atoms with E-state index in [9.17, 15) is 9.59 Å². The summed E-state index contributed by atoms with van der Waals surface area (Å²) in [5.74, 6) is -0.693. The summed E-state index contributed by atoms with van der Waals surface area (Å²) in [6.07, 6.45) is 2.24. The molecule has 2 N–H and O–H groups in total. The lowest BCUT2D eigenvalue weighted by atomic mass is 9.99. The highest BCUT2D eigenvalue weighted by atomic mass is 16.2. The van der Waals surface area contributed by atoms with Crippen molar-refractivity contribution in [2.45, 2.75) is 19.8 Å². The third-order valence-corrected chi connectivity index (χ3v) is 3.64. The van der Waals surface area contributed by atoms with Gasteiger partial charge in [-0.1, -0.05) is 12.1 Å². The Bertz CT molecular complexity index is 634. The van der Waals surface area contributed by atoms with Gasteiger partial charge in [0.2, 0.25) is 11.8 Å². The van der Waals surface area contributed by atoms with E-state index in [0.29, 0.717) is 12.1 Å². The third kappa shape index (κ3) is 4.64. The molecule has 0 saturated carbocycles. The van der Waals surface area contributed by atoms with Crippen LogP contribution in [0.5, 0.6) is 0 Å². The fraction of sp³-hybridized carbons (Fsp3) is 0.375. The molecular formula is C16H21N5O2. The van der Waals surface area contributed by atoms with Crippen molar-refractivity contribution >= 4 is 29.4 Å². The number of nitrogens with one attached hydrogen (secondary N) is 2. The van der Waals surface area contributed by atoms with Crippen molar-refractivity contribution in [2.24, 2.45) is 16.1 Å². The van der Waals surface area contributed by atoms with E-state index < -0.39 is 0 Å². The molecule has 1 aromatic rings. The molecule has 7 heteroatoms. The average Bonchev–Trinajstić information content (AvgIpc) is 2.84. The number of benzene rings is 1. The van der Waals surface area contributed by atoms with E-state index >= 15 is 0 Å². The van der Waals surface area contributed by atoms with Crippen molar-refractivity contribution in [1.82, 2.24) is 10.9 Å². The SMILES string of the molecule is CC1=NNC(=O)[C@@H]1CCC(=O)N/N=C\c1ccc(N(C)C)cc1. The Kier molecular flexibility index (Phi) is 5.46. The summed E-state index contributed by atoms with van der Waals surface area (Å²) in [5, 5.41) is 7.78. The molecule has 122 valence electrons. The maximum Gasteiger partial charge on any atom is 0.248 e. The summed E-state index contributed by atoms with van der Waals surface area (Å²) in [5.41, 5.74) is 7.58. The first kappa shape index (κ1) is 16.7. The smallest absolute Gasteiger partial charge is 0.248 e. The molecule has 1 heterocycles. The predicted molar refractivity (Wildman–Crippen MR) is 90.5 cm³/mol. The van der Waals surface area contributed by atoms with E-state index in [0.717, 1.165) is 11.3 Å². The van der Waals surface area contributed by atoms with Crippen LogP contribution >= 0.6 is 0 Å². The first-order chi connectivity index (χ1) is 11.0. The number of nitrogens with zero attached hydrogens (tertiary/aromatic N) is 3. The fourth-order valence-corrected chi connectivity index (χ4v) is 2.20. The minimum atomic E-state index is -0.316. The number of anilines is 1. The zero-order valence-electron chi connectivity index (χ0n) is 13.5. The highest BCUT2D eigenvalue weighted by Crippen LogP contribution is 2.13. The highest BCUT2D eigenvalue weighted by Gasteiger charge is 2.26. The van der Waals surface area contributed by atoms with Gasteiger partial charge in [0.1, 0.15) is 0 Å². The fourth-order valence-electron chi connectivity index (χ4n) is 2.20. The molecule has 1 aliphatic heterocycles. The maximum atomic E-state index is 11.7. The van der Waals surface area contributed by atoms with Crippen LogP contribution in [0.1, 0.15) is 25.3 Å². The lowest BCUT2D eigenvalue weighted by Gasteiger charge is -2.11. The molecule has 1 aliphatic rings. The number of carbonyl (C=O) groups excluding carboxylic acids is 2. The lowest BCUT2D eigenvalue weighted by molar-refractivity contribution is -0.123. The molecule has 1 aromatic carbocycles. The molecule has 0 saturated heterocycles. The molecule has 0 unspecified atom stereocenters. The van der Waals surface area contributed by atoms with Gasteiger partial charge in [-0.3, -0.25) is 9.59 Å². The standard InChI is InChI=1S/C16H21N5O2/c1-11-14(16(23)20-18-11)8-9-15(22)19-17-10-12-4-6-13(7-5-12)21(2)3/h4-7,10,14H,8-9H2,1-3H3,(H,19,22)(H,20,23)/b17-10-/t14-/m1/s1. The Balaban J connectivity index is 1.77. The van der Waals surface area contributed by atoms with Crippen molar-refractivity contribution in [3.63, 3.8) is 0 Å². The number of carbonyl (C=O) groups is 2. The Labute approximate surface area is 135 Å². The summed E-state index contributed by atoms with van der Waals surface area (Å²) >= 11 is 0. The van der Waals surface area contributed by atoms with E-state index in [-0.39, 0.29) is 24.2 Å². The topological polar surface area (TPSA) is 86.2 Å². The first-order valence-corrected chi connectivity index (χ1v) is 7.40. The molecular weight excluding hydrogens is 294 g/mol. The maximum absolute atomic E-state index is 11.7. The molecule has 0 radical (unpaired) electrons. The van der Waals surface area contributed by atoms with E-state index in [2.05, 4.69) is 21.1 Å². The molecule has 1 atom stereocenters. The summed E-state index contributed by atoms with van der Waals surface area (Å²) in [4.78, 5) is 25.2. The van der Waals surface area contributed by atoms with Crippen LogP contribution < -0.4 is 15.8 Å². The van der Waals surface area contributed by atoms with Crippen LogP contribution in [0.4, 0.5) is 5.69 Å². The summed E-state index contributed by atoms with van der Waals surface area (Å²) in [7, 11) is 3.95. The quantitative estimate of drug-likeness (QED) is 0.609. The second-order valence-corrected chi connectivity index (χ2v) is 5.60. The Morgan fingerprint density at radius 1 is 1.39 bits per heavy atom. The van der Waals surface area contributed by atoms with Crippen molar-refractivity contribution in [1.29, 1.82) is 0 Å². The number of amides is 2. The van der Waals surface area contributed by atoms with Crippen LogP contribution in [0.2, 0.25) is 0 Å². The van der Waals surface area contributed by atoms with Gasteiger partial charge in [0.05, 0.1) is 12.1 Å². The lowest BCUT2D eigenvalue weighted by Crippen LogP contribution is -2.25. The van der Waals surface area contributed by atoms with E-state index in [4.69, 9.17) is 0 Å². The van der Waals surface area contributed by atoms with Crippen LogP contribution in [-0.4, -0.2) is 37.8 Å². The molecule has 0 spiro atoms. The summed E-state index contributed by atoms with van der Waals surface area (Å²) in [6, 6.07) is 7.80. The molecule has 0 aliphatic carbocycles. The van der Waals surface area contributed by atoms with Gasteiger partial charge < -0.3 is 4.90 Å². The second kappa shape index (κ2) is 7.53.